The first-order chi connectivity index (χ1) is 6.72. The molecule has 1 heterocycles. The Balaban J connectivity index is 2.40. The molecule has 0 aliphatic rings. The van der Waals surface area contributed by atoms with Gasteiger partial charge in [-0.05, 0) is 12.1 Å². The Kier molecular flexibility index (Phi) is 3.72. The lowest BCUT2D eigenvalue weighted by Gasteiger charge is -2.04. The zero-order valence-electron chi connectivity index (χ0n) is 7.86. The highest BCUT2D eigenvalue weighted by atomic mass is 16.5. The van der Waals surface area contributed by atoms with Crippen LogP contribution in [-0.4, -0.2) is 29.7 Å². The standard InChI is InChI=1S/C9H12N2O3/c1-14-7-2-3-8(11-6-7)10-5-4-9(12)13/h2-3,6H,4-5H2,1H3,(H,10,11)(H,12,13). The number of rotatable bonds is 5. The largest absolute Gasteiger partial charge is 0.495 e. The molecule has 0 spiro atoms. The van der Waals surface area contributed by atoms with Gasteiger partial charge >= 0.3 is 5.97 Å². The molecule has 0 fully saturated rings. The molecule has 0 atom stereocenters. The maximum Gasteiger partial charge on any atom is 0.305 e. The van der Waals surface area contributed by atoms with Crippen LogP contribution in [0.3, 0.4) is 0 Å². The van der Waals surface area contributed by atoms with E-state index in [4.69, 9.17) is 9.84 Å². The van der Waals surface area contributed by atoms with Crippen LogP contribution < -0.4 is 10.1 Å². The second kappa shape index (κ2) is 5.06. The van der Waals surface area contributed by atoms with Gasteiger partial charge in [0.2, 0.25) is 0 Å². The van der Waals surface area contributed by atoms with Crippen molar-refractivity contribution in [3.05, 3.63) is 18.3 Å². The van der Waals surface area contributed by atoms with E-state index < -0.39 is 5.97 Å². The number of ether oxygens (including phenoxy) is 1. The van der Waals surface area contributed by atoms with Crippen molar-refractivity contribution in [3.63, 3.8) is 0 Å². The lowest BCUT2D eigenvalue weighted by atomic mass is 10.4. The predicted molar refractivity (Wildman–Crippen MR) is 51.5 cm³/mol. The number of hydrogen-bond donors (Lipinski definition) is 2. The van der Waals surface area contributed by atoms with Crippen molar-refractivity contribution in [2.24, 2.45) is 0 Å². The van der Waals surface area contributed by atoms with E-state index in [2.05, 4.69) is 10.3 Å². The Morgan fingerprint density at radius 3 is 2.93 bits per heavy atom. The van der Waals surface area contributed by atoms with E-state index in [1.165, 1.54) is 0 Å². The third-order valence-electron chi connectivity index (χ3n) is 1.62. The molecule has 0 aliphatic heterocycles. The van der Waals surface area contributed by atoms with Crippen LogP contribution >= 0.6 is 0 Å². The van der Waals surface area contributed by atoms with Crippen molar-refractivity contribution < 1.29 is 14.6 Å². The van der Waals surface area contributed by atoms with Crippen LogP contribution in [0, 0.1) is 0 Å². The predicted octanol–water partition coefficient (Wildman–Crippen LogP) is 0.977. The molecule has 5 heteroatoms. The number of nitrogens with zero attached hydrogens (tertiary/aromatic N) is 1. The van der Waals surface area contributed by atoms with Gasteiger partial charge in [0.1, 0.15) is 11.6 Å². The number of hydrogen-bond acceptors (Lipinski definition) is 4. The highest BCUT2D eigenvalue weighted by molar-refractivity contribution is 5.67. The summed E-state index contributed by atoms with van der Waals surface area (Å²) in [6.07, 6.45) is 1.65. The van der Waals surface area contributed by atoms with Gasteiger partial charge in [0.15, 0.2) is 0 Å². The average molecular weight is 196 g/mol. The van der Waals surface area contributed by atoms with Crippen LogP contribution in [-0.2, 0) is 4.79 Å². The Bertz CT molecular complexity index is 297. The molecule has 0 aromatic carbocycles. The molecule has 5 nitrogen and oxygen atoms in total. The van der Waals surface area contributed by atoms with Gasteiger partial charge in [-0.15, -0.1) is 0 Å². The number of carboxylic acid groups (broad SMARTS) is 1. The summed E-state index contributed by atoms with van der Waals surface area (Å²) in [4.78, 5) is 14.2. The van der Waals surface area contributed by atoms with Crippen molar-refractivity contribution in [1.82, 2.24) is 4.98 Å². The molecule has 1 aromatic rings. The lowest BCUT2D eigenvalue weighted by Crippen LogP contribution is -2.08. The summed E-state index contributed by atoms with van der Waals surface area (Å²) in [5.41, 5.74) is 0. The van der Waals surface area contributed by atoms with Crippen molar-refractivity contribution in [1.29, 1.82) is 0 Å². The summed E-state index contributed by atoms with van der Waals surface area (Å²) in [6.45, 7) is 0.370. The Labute approximate surface area is 81.7 Å². The third-order valence-corrected chi connectivity index (χ3v) is 1.62. The minimum Gasteiger partial charge on any atom is -0.495 e. The molecule has 2 N–H and O–H groups in total. The minimum absolute atomic E-state index is 0.0771. The number of carboxylic acids is 1. The fraction of sp³-hybridized carbons (Fsp3) is 0.333. The number of anilines is 1. The first-order valence-electron chi connectivity index (χ1n) is 4.18. The smallest absolute Gasteiger partial charge is 0.305 e. The van der Waals surface area contributed by atoms with Gasteiger partial charge in [-0.1, -0.05) is 0 Å². The molecule has 0 radical (unpaired) electrons. The minimum atomic E-state index is -0.828. The van der Waals surface area contributed by atoms with Crippen molar-refractivity contribution in [2.75, 3.05) is 19.0 Å². The van der Waals surface area contributed by atoms with Crippen LogP contribution in [0.2, 0.25) is 0 Å². The topological polar surface area (TPSA) is 71.5 Å². The Morgan fingerprint density at radius 2 is 2.43 bits per heavy atom. The highest BCUT2D eigenvalue weighted by Gasteiger charge is 1.97. The van der Waals surface area contributed by atoms with Gasteiger partial charge in [-0.3, -0.25) is 4.79 Å². The molecule has 0 aliphatic carbocycles. The maximum atomic E-state index is 10.2. The van der Waals surface area contributed by atoms with E-state index in [9.17, 15) is 4.79 Å². The molecule has 14 heavy (non-hydrogen) atoms. The molecule has 76 valence electrons. The van der Waals surface area contributed by atoms with E-state index in [0.29, 0.717) is 18.1 Å². The van der Waals surface area contributed by atoms with E-state index in [0.717, 1.165) is 0 Å². The summed E-state index contributed by atoms with van der Waals surface area (Å²) in [5.74, 6) is 0.492. The number of aliphatic carboxylic acids is 1. The van der Waals surface area contributed by atoms with E-state index in [-0.39, 0.29) is 6.42 Å². The first kappa shape index (κ1) is 10.3. The zero-order valence-corrected chi connectivity index (χ0v) is 7.86. The van der Waals surface area contributed by atoms with Gasteiger partial charge in [0.25, 0.3) is 0 Å². The van der Waals surface area contributed by atoms with E-state index in [1.54, 1.807) is 25.4 Å². The van der Waals surface area contributed by atoms with Crippen molar-refractivity contribution in [3.8, 4) is 5.75 Å². The third kappa shape index (κ3) is 3.30. The molecule has 1 aromatic heterocycles. The summed E-state index contributed by atoms with van der Waals surface area (Å²) >= 11 is 0. The second-order valence-corrected chi connectivity index (χ2v) is 2.65. The van der Waals surface area contributed by atoms with Gasteiger partial charge in [-0.2, -0.15) is 0 Å². The fourth-order valence-electron chi connectivity index (χ4n) is 0.903. The van der Waals surface area contributed by atoms with Gasteiger partial charge in [0, 0.05) is 6.54 Å². The molecule has 0 amide bonds. The average Bonchev–Trinajstić information content (AvgIpc) is 2.18. The van der Waals surface area contributed by atoms with Crippen LogP contribution in [0.5, 0.6) is 5.75 Å². The van der Waals surface area contributed by atoms with Crippen molar-refractivity contribution in [2.45, 2.75) is 6.42 Å². The normalized spacial score (nSPS) is 9.50. The quantitative estimate of drug-likeness (QED) is 0.734. The molecular weight excluding hydrogens is 184 g/mol. The van der Waals surface area contributed by atoms with Crippen LogP contribution in [0.1, 0.15) is 6.42 Å². The zero-order chi connectivity index (χ0) is 10.4. The number of pyridine rings is 1. The summed E-state index contributed by atoms with van der Waals surface area (Å²) in [6, 6.07) is 3.50. The summed E-state index contributed by atoms with van der Waals surface area (Å²) < 4.78 is 4.93. The monoisotopic (exact) mass is 196 g/mol. The van der Waals surface area contributed by atoms with Gasteiger partial charge in [0.05, 0.1) is 19.7 Å². The number of carbonyl (C=O) groups is 1. The first-order valence-corrected chi connectivity index (χ1v) is 4.18. The molecule has 0 unspecified atom stereocenters. The van der Waals surface area contributed by atoms with Crippen LogP contribution in [0.25, 0.3) is 0 Å². The molecule has 0 saturated carbocycles. The summed E-state index contributed by atoms with van der Waals surface area (Å²) in [7, 11) is 1.56. The second-order valence-electron chi connectivity index (χ2n) is 2.65. The van der Waals surface area contributed by atoms with E-state index >= 15 is 0 Å². The molecule has 0 saturated heterocycles. The Morgan fingerprint density at radius 1 is 1.64 bits per heavy atom. The molecule has 0 bridgehead atoms. The van der Waals surface area contributed by atoms with Gasteiger partial charge < -0.3 is 15.2 Å². The van der Waals surface area contributed by atoms with Gasteiger partial charge in [-0.25, -0.2) is 4.98 Å². The van der Waals surface area contributed by atoms with E-state index in [1.807, 2.05) is 0 Å². The Hall–Kier alpha value is -1.78. The number of aromatic nitrogens is 1. The molecular formula is C9H12N2O3. The van der Waals surface area contributed by atoms with Crippen LogP contribution in [0.4, 0.5) is 5.82 Å². The highest BCUT2D eigenvalue weighted by Crippen LogP contribution is 2.10. The fourth-order valence-corrected chi connectivity index (χ4v) is 0.903. The SMILES string of the molecule is COc1ccc(NCCC(=O)O)nc1. The van der Waals surface area contributed by atoms with Crippen LogP contribution in [0.15, 0.2) is 18.3 Å². The maximum absolute atomic E-state index is 10.2. The lowest BCUT2D eigenvalue weighted by molar-refractivity contribution is -0.136. The number of nitrogens with one attached hydrogen (secondary N) is 1. The summed E-state index contributed by atoms with van der Waals surface area (Å²) in [5, 5.41) is 11.3. The number of methoxy groups -OCH3 is 1. The van der Waals surface area contributed by atoms with Crippen molar-refractivity contribution >= 4 is 11.8 Å². The molecule has 1 rings (SSSR count).